The third-order valence-corrected chi connectivity index (χ3v) is 3.49. The van der Waals surface area contributed by atoms with E-state index in [1.165, 1.54) is 5.39 Å². The van der Waals surface area contributed by atoms with Crippen molar-refractivity contribution in [2.75, 3.05) is 6.54 Å². The largest absolute Gasteiger partial charge is 0.328 e. The molecule has 1 aromatic carbocycles. The van der Waals surface area contributed by atoms with Crippen molar-refractivity contribution in [1.82, 2.24) is 24.6 Å². The Morgan fingerprint density at radius 3 is 2.95 bits per heavy atom. The first-order chi connectivity index (χ1) is 9.79. The Hall–Kier alpha value is -2.14. The number of nitrogens with zero attached hydrogens (tertiary/aromatic N) is 4. The van der Waals surface area contributed by atoms with Crippen LogP contribution in [0.15, 0.2) is 36.7 Å². The zero-order chi connectivity index (χ0) is 13.9. The maximum Gasteiger partial charge on any atom is 0.123 e. The van der Waals surface area contributed by atoms with Gasteiger partial charge in [0.2, 0.25) is 0 Å². The van der Waals surface area contributed by atoms with E-state index in [0.717, 1.165) is 36.7 Å². The van der Waals surface area contributed by atoms with Crippen LogP contribution < -0.4 is 5.32 Å². The molecule has 20 heavy (non-hydrogen) atoms. The lowest BCUT2D eigenvalue weighted by Gasteiger charge is -2.06. The zero-order valence-electron chi connectivity index (χ0n) is 11.9. The van der Waals surface area contributed by atoms with Gasteiger partial charge in [0.05, 0.1) is 24.3 Å². The Morgan fingerprint density at radius 2 is 2.10 bits per heavy atom. The zero-order valence-corrected chi connectivity index (χ0v) is 11.9. The van der Waals surface area contributed by atoms with E-state index in [1.807, 2.05) is 30.2 Å². The number of hydrogen-bond donors (Lipinski definition) is 1. The molecule has 0 radical (unpaired) electrons. The lowest BCUT2D eigenvalue weighted by Crippen LogP contribution is -2.16. The van der Waals surface area contributed by atoms with Gasteiger partial charge in [-0.25, -0.2) is 4.98 Å². The lowest BCUT2D eigenvalue weighted by atomic mass is 10.2. The van der Waals surface area contributed by atoms with Gasteiger partial charge < -0.3 is 9.88 Å². The minimum atomic E-state index is 0.752. The molecule has 104 valence electrons. The fourth-order valence-corrected chi connectivity index (χ4v) is 2.45. The Bertz CT molecular complexity index is 710. The number of imidazole rings is 1. The summed E-state index contributed by atoms with van der Waals surface area (Å²) in [4.78, 5) is 4.40. The summed E-state index contributed by atoms with van der Waals surface area (Å²) in [7, 11) is 1.99. The van der Waals surface area contributed by atoms with Crippen molar-refractivity contribution in [3.05, 3.63) is 48.2 Å². The van der Waals surface area contributed by atoms with E-state index in [2.05, 4.69) is 45.1 Å². The van der Waals surface area contributed by atoms with Crippen LogP contribution in [0, 0.1) is 0 Å². The minimum Gasteiger partial charge on any atom is -0.328 e. The Balaban J connectivity index is 1.92. The molecule has 0 saturated heterocycles. The minimum absolute atomic E-state index is 0.752. The van der Waals surface area contributed by atoms with Crippen LogP contribution in [0.25, 0.3) is 10.9 Å². The summed E-state index contributed by atoms with van der Waals surface area (Å²) in [5, 5.41) is 9.15. The van der Waals surface area contributed by atoms with Crippen LogP contribution in [-0.2, 0) is 20.1 Å². The second kappa shape index (κ2) is 5.46. The molecule has 0 fully saturated rings. The average molecular weight is 269 g/mol. The molecule has 5 heteroatoms. The molecular weight excluding hydrogens is 250 g/mol. The molecule has 0 bridgehead atoms. The van der Waals surface area contributed by atoms with Gasteiger partial charge in [0.25, 0.3) is 0 Å². The first-order valence-corrected chi connectivity index (χ1v) is 6.91. The van der Waals surface area contributed by atoms with Crippen molar-refractivity contribution < 1.29 is 0 Å². The van der Waals surface area contributed by atoms with E-state index >= 15 is 0 Å². The number of para-hydroxylation sites is 1. The van der Waals surface area contributed by atoms with Gasteiger partial charge in [0.15, 0.2) is 0 Å². The van der Waals surface area contributed by atoms with Crippen LogP contribution >= 0.6 is 0 Å². The quantitative estimate of drug-likeness (QED) is 0.770. The summed E-state index contributed by atoms with van der Waals surface area (Å²) in [5.41, 5.74) is 2.25. The number of aryl methyl sites for hydroxylation is 1. The second-order valence-electron chi connectivity index (χ2n) is 4.84. The molecule has 3 rings (SSSR count). The first-order valence-electron chi connectivity index (χ1n) is 6.91. The summed E-state index contributed by atoms with van der Waals surface area (Å²) in [6.45, 7) is 4.58. The molecular formula is C15H19N5. The monoisotopic (exact) mass is 269 g/mol. The van der Waals surface area contributed by atoms with Gasteiger partial charge in [0.1, 0.15) is 5.82 Å². The highest BCUT2D eigenvalue weighted by Crippen LogP contribution is 2.18. The highest BCUT2D eigenvalue weighted by atomic mass is 15.3. The smallest absolute Gasteiger partial charge is 0.123 e. The first kappa shape index (κ1) is 12.9. The predicted octanol–water partition coefficient (Wildman–Crippen LogP) is 1.93. The molecule has 3 aromatic rings. The van der Waals surface area contributed by atoms with E-state index in [4.69, 9.17) is 0 Å². The van der Waals surface area contributed by atoms with Gasteiger partial charge in [-0.2, -0.15) is 5.10 Å². The van der Waals surface area contributed by atoms with E-state index in [9.17, 15) is 0 Å². The number of aromatic nitrogens is 4. The van der Waals surface area contributed by atoms with Crippen molar-refractivity contribution in [2.24, 2.45) is 7.05 Å². The summed E-state index contributed by atoms with van der Waals surface area (Å²) >= 11 is 0. The van der Waals surface area contributed by atoms with E-state index in [1.54, 1.807) is 0 Å². The lowest BCUT2D eigenvalue weighted by molar-refractivity contribution is 0.629. The second-order valence-corrected chi connectivity index (χ2v) is 4.84. The molecule has 1 N–H and O–H groups in total. The Labute approximate surface area is 118 Å². The summed E-state index contributed by atoms with van der Waals surface area (Å²) in [6.07, 6.45) is 3.86. The van der Waals surface area contributed by atoms with Crippen molar-refractivity contribution >= 4 is 10.9 Å². The van der Waals surface area contributed by atoms with Crippen LogP contribution in [0.3, 0.4) is 0 Å². The van der Waals surface area contributed by atoms with Gasteiger partial charge >= 0.3 is 0 Å². The molecule has 0 aliphatic heterocycles. The third kappa shape index (κ3) is 2.32. The van der Waals surface area contributed by atoms with Crippen LogP contribution in [0.4, 0.5) is 0 Å². The van der Waals surface area contributed by atoms with Crippen LogP contribution in [-0.4, -0.2) is 25.9 Å². The summed E-state index contributed by atoms with van der Waals surface area (Å²) in [5.74, 6) is 1.04. The number of rotatable bonds is 5. The fourth-order valence-electron chi connectivity index (χ4n) is 2.45. The molecule has 0 aliphatic carbocycles. The number of nitrogens with one attached hydrogen (secondary N) is 1. The molecule has 5 nitrogen and oxygen atoms in total. The van der Waals surface area contributed by atoms with Gasteiger partial charge in [-0.3, -0.25) is 4.68 Å². The predicted molar refractivity (Wildman–Crippen MR) is 79.4 cm³/mol. The van der Waals surface area contributed by atoms with E-state index in [0.29, 0.717) is 0 Å². The SMILES string of the molecule is CCNCc1nccn1Cc1nn(C)c2ccccc12. The highest BCUT2D eigenvalue weighted by molar-refractivity contribution is 5.81. The third-order valence-electron chi connectivity index (χ3n) is 3.49. The Kier molecular flexibility index (Phi) is 3.52. The van der Waals surface area contributed by atoms with E-state index < -0.39 is 0 Å². The number of fused-ring (bicyclic) bond motifs is 1. The van der Waals surface area contributed by atoms with Gasteiger partial charge in [-0.1, -0.05) is 25.1 Å². The molecule has 0 amide bonds. The van der Waals surface area contributed by atoms with Crippen molar-refractivity contribution in [2.45, 2.75) is 20.0 Å². The van der Waals surface area contributed by atoms with Crippen molar-refractivity contribution in [1.29, 1.82) is 0 Å². The van der Waals surface area contributed by atoms with Crippen LogP contribution in [0.5, 0.6) is 0 Å². The molecule has 2 heterocycles. The molecule has 0 unspecified atom stereocenters. The standard InChI is InChI=1S/C15H19N5/c1-3-16-10-15-17-8-9-20(15)11-13-12-6-4-5-7-14(12)19(2)18-13/h4-9,16H,3,10-11H2,1-2H3. The molecule has 0 saturated carbocycles. The Morgan fingerprint density at radius 1 is 1.25 bits per heavy atom. The van der Waals surface area contributed by atoms with Crippen molar-refractivity contribution in [3.63, 3.8) is 0 Å². The maximum absolute atomic E-state index is 4.63. The summed E-state index contributed by atoms with van der Waals surface area (Å²) < 4.78 is 4.09. The van der Waals surface area contributed by atoms with Gasteiger partial charge in [-0.05, 0) is 12.6 Å². The van der Waals surface area contributed by atoms with E-state index in [-0.39, 0.29) is 0 Å². The van der Waals surface area contributed by atoms with Gasteiger partial charge in [0, 0.05) is 24.8 Å². The summed E-state index contributed by atoms with van der Waals surface area (Å²) in [6, 6.07) is 8.32. The molecule has 0 atom stereocenters. The molecule has 0 spiro atoms. The maximum atomic E-state index is 4.63. The van der Waals surface area contributed by atoms with Crippen LogP contribution in [0.2, 0.25) is 0 Å². The average Bonchev–Trinajstić information content (AvgIpc) is 3.03. The normalized spacial score (nSPS) is 11.3. The molecule has 0 aliphatic rings. The topological polar surface area (TPSA) is 47.7 Å². The van der Waals surface area contributed by atoms with Crippen molar-refractivity contribution in [3.8, 4) is 0 Å². The number of hydrogen-bond acceptors (Lipinski definition) is 3. The van der Waals surface area contributed by atoms with Gasteiger partial charge in [-0.15, -0.1) is 0 Å². The van der Waals surface area contributed by atoms with Crippen LogP contribution in [0.1, 0.15) is 18.4 Å². The number of benzene rings is 1. The fraction of sp³-hybridized carbons (Fsp3) is 0.333. The highest BCUT2D eigenvalue weighted by Gasteiger charge is 2.10. The molecule has 2 aromatic heterocycles.